The first-order valence-electron chi connectivity index (χ1n) is 5.62. The average molecular weight is 213 g/mol. The summed E-state index contributed by atoms with van der Waals surface area (Å²) >= 11 is 0. The quantitative estimate of drug-likeness (QED) is 0.678. The third-order valence-corrected chi connectivity index (χ3v) is 3.12. The maximum atomic E-state index is 10.9. The van der Waals surface area contributed by atoms with Crippen molar-refractivity contribution in [1.82, 2.24) is 15.5 Å². The monoisotopic (exact) mass is 213 g/mol. The summed E-state index contributed by atoms with van der Waals surface area (Å²) < 4.78 is 5.14. The number of likely N-dealkylation sites (N-methyl/N-ethyl adjacent to an activating group) is 1. The molecule has 1 amide bonds. The van der Waals surface area contributed by atoms with E-state index in [1.54, 1.807) is 0 Å². The lowest BCUT2D eigenvalue weighted by molar-refractivity contribution is 0.104. The molecule has 2 N–H and O–H groups in total. The molecule has 2 heterocycles. The van der Waals surface area contributed by atoms with Crippen LogP contribution < -0.4 is 10.6 Å². The van der Waals surface area contributed by atoms with Crippen LogP contribution in [-0.4, -0.2) is 56.4 Å². The first-order chi connectivity index (χ1) is 7.29. The van der Waals surface area contributed by atoms with Crippen molar-refractivity contribution in [2.75, 3.05) is 33.2 Å². The van der Waals surface area contributed by atoms with E-state index in [2.05, 4.69) is 15.5 Å². The van der Waals surface area contributed by atoms with Gasteiger partial charge in [0.1, 0.15) is 6.10 Å². The first-order valence-corrected chi connectivity index (χ1v) is 5.62. The summed E-state index contributed by atoms with van der Waals surface area (Å²) in [6, 6.07) is 0.606. The number of ether oxygens (including phenoxy) is 1. The highest BCUT2D eigenvalue weighted by Gasteiger charge is 2.30. The Morgan fingerprint density at radius 2 is 2.53 bits per heavy atom. The Morgan fingerprint density at radius 3 is 3.20 bits per heavy atom. The number of nitrogens with zero attached hydrogens (tertiary/aromatic N) is 1. The first kappa shape index (κ1) is 10.7. The fourth-order valence-electron chi connectivity index (χ4n) is 2.40. The van der Waals surface area contributed by atoms with Gasteiger partial charge in [-0.25, -0.2) is 4.79 Å². The second-order valence-corrected chi connectivity index (χ2v) is 4.26. The number of carbonyl (C=O) groups excluding carboxylic acids is 1. The predicted molar refractivity (Wildman–Crippen MR) is 56.8 cm³/mol. The third-order valence-electron chi connectivity index (χ3n) is 3.12. The van der Waals surface area contributed by atoms with Crippen molar-refractivity contribution < 1.29 is 9.53 Å². The van der Waals surface area contributed by atoms with Gasteiger partial charge in [-0.05, 0) is 26.4 Å². The molecule has 2 fully saturated rings. The number of hydrogen-bond donors (Lipinski definition) is 2. The highest BCUT2D eigenvalue weighted by atomic mass is 16.6. The molecular formula is C10H19N3O2. The molecule has 0 bridgehead atoms. The summed E-state index contributed by atoms with van der Waals surface area (Å²) in [5, 5.41) is 5.90. The predicted octanol–water partition coefficient (Wildman–Crippen LogP) is -0.221. The number of cyclic esters (lactones) is 1. The molecule has 2 aliphatic heterocycles. The average Bonchev–Trinajstić information content (AvgIpc) is 2.78. The maximum absolute atomic E-state index is 10.9. The lowest BCUT2D eigenvalue weighted by Gasteiger charge is -2.25. The minimum Gasteiger partial charge on any atom is -0.443 e. The van der Waals surface area contributed by atoms with E-state index in [9.17, 15) is 4.79 Å². The minimum absolute atomic E-state index is 0.0370. The fraction of sp³-hybridized carbons (Fsp3) is 0.900. The van der Waals surface area contributed by atoms with Crippen molar-refractivity contribution in [3.63, 3.8) is 0 Å². The number of rotatable bonds is 4. The molecule has 0 aromatic heterocycles. The van der Waals surface area contributed by atoms with Gasteiger partial charge in [0.15, 0.2) is 0 Å². The summed E-state index contributed by atoms with van der Waals surface area (Å²) in [4.78, 5) is 13.3. The topological polar surface area (TPSA) is 53.6 Å². The van der Waals surface area contributed by atoms with Gasteiger partial charge in [0.25, 0.3) is 0 Å². The molecule has 0 radical (unpaired) electrons. The number of hydrogen-bond acceptors (Lipinski definition) is 4. The Bertz CT molecular complexity index is 235. The summed E-state index contributed by atoms with van der Waals surface area (Å²) in [7, 11) is 1.98. The molecule has 5 heteroatoms. The van der Waals surface area contributed by atoms with Crippen LogP contribution in [0.4, 0.5) is 4.79 Å². The Balaban J connectivity index is 1.80. The van der Waals surface area contributed by atoms with E-state index in [0.717, 1.165) is 19.6 Å². The van der Waals surface area contributed by atoms with Gasteiger partial charge in [0, 0.05) is 19.1 Å². The molecule has 86 valence electrons. The SMILES string of the molecule is CNCC1CCCN1CC1CNC(=O)O1. The summed E-state index contributed by atoms with van der Waals surface area (Å²) in [6.45, 7) is 3.67. The van der Waals surface area contributed by atoms with Crippen LogP contribution in [0.5, 0.6) is 0 Å². The van der Waals surface area contributed by atoms with Crippen molar-refractivity contribution in [2.24, 2.45) is 0 Å². The second-order valence-electron chi connectivity index (χ2n) is 4.26. The molecule has 0 saturated carbocycles. The van der Waals surface area contributed by atoms with E-state index >= 15 is 0 Å². The fourth-order valence-corrected chi connectivity index (χ4v) is 2.40. The molecule has 2 saturated heterocycles. The van der Waals surface area contributed by atoms with Crippen molar-refractivity contribution in [1.29, 1.82) is 0 Å². The zero-order chi connectivity index (χ0) is 10.7. The highest BCUT2D eigenvalue weighted by Crippen LogP contribution is 2.17. The van der Waals surface area contributed by atoms with Gasteiger partial charge in [-0.3, -0.25) is 4.90 Å². The highest BCUT2D eigenvalue weighted by molar-refractivity contribution is 5.69. The molecule has 0 spiro atoms. The van der Waals surface area contributed by atoms with Gasteiger partial charge < -0.3 is 15.4 Å². The summed E-state index contributed by atoms with van der Waals surface area (Å²) in [6.07, 6.45) is 2.26. The molecule has 2 atom stereocenters. The van der Waals surface area contributed by atoms with Crippen molar-refractivity contribution in [2.45, 2.75) is 25.0 Å². The minimum atomic E-state index is -0.274. The van der Waals surface area contributed by atoms with Gasteiger partial charge in [-0.1, -0.05) is 0 Å². The van der Waals surface area contributed by atoms with Gasteiger partial charge in [-0.15, -0.1) is 0 Å². The van der Waals surface area contributed by atoms with Gasteiger partial charge in [0.2, 0.25) is 0 Å². The Kier molecular flexibility index (Phi) is 3.43. The number of alkyl carbamates (subject to hydrolysis) is 1. The van der Waals surface area contributed by atoms with Crippen LogP contribution in [0, 0.1) is 0 Å². The Morgan fingerprint density at radius 1 is 1.67 bits per heavy atom. The zero-order valence-corrected chi connectivity index (χ0v) is 9.16. The van der Waals surface area contributed by atoms with E-state index < -0.39 is 0 Å². The smallest absolute Gasteiger partial charge is 0.407 e. The van der Waals surface area contributed by atoms with E-state index in [1.807, 2.05) is 7.05 Å². The molecule has 2 rings (SSSR count). The van der Waals surface area contributed by atoms with E-state index in [-0.39, 0.29) is 12.2 Å². The van der Waals surface area contributed by atoms with Gasteiger partial charge in [0.05, 0.1) is 6.54 Å². The second kappa shape index (κ2) is 4.81. The van der Waals surface area contributed by atoms with Crippen molar-refractivity contribution >= 4 is 6.09 Å². The van der Waals surface area contributed by atoms with Crippen LogP contribution in [0.25, 0.3) is 0 Å². The number of nitrogens with one attached hydrogen (secondary N) is 2. The zero-order valence-electron chi connectivity index (χ0n) is 9.16. The van der Waals surface area contributed by atoms with Crippen LogP contribution in [0.1, 0.15) is 12.8 Å². The van der Waals surface area contributed by atoms with Crippen LogP contribution in [0.15, 0.2) is 0 Å². The number of likely N-dealkylation sites (tertiary alicyclic amines) is 1. The summed E-state index contributed by atoms with van der Waals surface area (Å²) in [5.74, 6) is 0. The van der Waals surface area contributed by atoms with Gasteiger partial charge >= 0.3 is 6.09 Å². The normalized spacial score (nSPS) is 31.7. The van der Waals surface area contributed by atoms with Crippen LogP contribution in [0.2, 0.25) is 0 Å². The van der Waals surface area contributed by atoms with Gasteiger partial charge in [-0.2, -0.15) is 0 Å². The van der Waals surface area contributed by atoms with Crippen LogP contribution >= 0.6 is 0 Å². The summed E-state index contributed by atoms with van der Waals surface area (Å²) in [5.41, 5.74) is 0. The molecule has 5 nitrogen and oxygen atoms in total. The lowest BCUT2D eigenvalue weighted by Crippen LogP contribution is -2.41. The standard InChI is InChI=1S/C10H19N3O2/c1-11-5-8-3-2-4-13(8)7-9-6-12-10(14)15-9/h8-9,11H,2-7H2,1H3,(H,12,14). The van der Waals surface area contributed by atoms with Crippen molar-refractivity contribution in [3.8, 4) is 0 Å². The molecule has 2 aliphatic rings. The maximum Gasteiger partial charge on any atom is 0.407 e. The van der Waals surface area contributed by atoms with Crippen LogP contribution in [0.3, 0.4) is 0 Å². The molecular weight excluding hydrogens is 194 g/mol. The Labute approximate surface area is 90.1 Å². The molecule has 0 aromatic carbocycles. The number of amides is 1. The molecule has 0 aromatic rings. The molecule has 0 aliphatic carbocycles. The largest absolute Gasteiger partial charge is 0.443 e. The van der Waals surface area contributed by atoms with E-state index in [0.29, 0.717) is 12.6 Å². The molecule has 15 heavy (non-hydrogen) atoms. The van der Waals surface area contributed by atoms with Crippen LogP contribution in [-0.2, 0) is 4.74 Å². The third kappa shape index (κ3) is 2.60. The number of carbonyl (C=O) groups is 1. The molecule has 2 unspecified atom stereocenters. The van der Waals surface area contributed by atoms with E-state index in [4.69, 9.17) is 4.74 Å². The van der Waals surface area contributed by atoms with Crippen molar-refractivity contribution in [3.05, 3.63) is 0 Å². The van der Waals surface area contributed by atoms with E-state index in [1.165, 1.54) is 12.8 Å². The lowest BCUT2D eigenvalue weighted by atomic mass is 10.2. The Hall–Kier alpha value is -0.810.